The largest absolute Gasteiger partial charge is 0.470 e. The molecule has 2 unspecified atom stereocenters. The molecule has 1 aliphatic heterocycles. The molecule has 0 saturated carbocycles. The first-order chi connectivity index (χ1) is 8.15. The van der Waals surface area contributed by atoms with Crippen molar-refractivity contribution < 1.29 is 13.9 Å². The fraction of sp³-hybridized carbons (Fsp3) is 0.182. The molecule has 0 amide bonds. The summed E-state index contributed by atoms with van der Waals surface area (Å²) in [6.07, 6.45) is 0. The van der Waals surface area contributed by atoms with Gasteiger partial charge in [0.2, 0.25) is 0 Å². The first kappa shape index (κ1) is 11.1. The lowest BCUT2D eigenvalue weighted by Crippen LogP contribution is -2.30. The van der Waals surface area contributed by atoms with Gasteiger partial charge < -0.3 is 13.9 Å². The first-order valence-electron chi connectivity index (χ1n) is 4.83. The number of benzene rings is 1. The molecule has 4 nitrogen and oxygen atoms in total. The number of hydrogen-bond acceptors (Lipinski definition) is 4. The Bertz CT molecular complexity index is 637. The van der Waals surface area contributed by atoms with Crippen LogP contribution in [-0.2, 0) is 0 Å². The second-order valence-corrected chi connectivity index (χ2v) is 5.30. The van der Waals surface area contributed by atoms with E-state index >= 15 is 0 Å². The molecular weight excluding hydrogens is 356 g/mol. The van der Waals surface area contributed by atoms with Crippen molar-refractivity contribution in [2.75, 3.05) is 0 Å². The number of fused-ring (bicyclic) bond motifs is 3. The Labute approximate surface area is 113 Å². The summed E-state index contributed by atoms with van der Waals surface area (Å²) in [7, 11) is 0. The van der Waals surface area contributed by atoms with Crippen molar-refractivity contribution in [2.45, 2.75) is 10.0 Å². The molecule has 1 aromatic carbocycles. The van der Waals surface area contributed by atoms with E-state index in [-0.39, 0.29) is 15.7 Å². The highest BCUT2D eigenvalue weighted by Gasteiger charge is 2.28. The maximum atomic E-state index is 11.1. The summed E-state index contributed by atoms with van der Waals surface area (Å²) in [6.45, 7) is 0. The van der Waals surface area contributed by atoms with Crippen molar-refractivity contribution in [1.82, 2.24) is 0 Å². The fourth-order valence-electron chi connectivity index (χ4n) is 1.66. The lowest BCUT2D eigenvalue weighted by atomic mass is 10.2. The Morgan fingerprint density at radius 2 is 1.76 bits per heavy atom. The normalized spacial score (nSPS) is 22.7. The van der Waals surface area contributed by atoms with Crippen LogP contribution in [0, 0.1) is 0 Å². The second kappa shape index (κ2) is 4.03. The number of halogens is 2. The average Bonchev–Trinajstić information content (AvgIpc) is 2.30. The van der Waals surface area contributed by atoms with E-state index in [0.717, 1.165) is 0 Å². The maximum absolute atomic E-state index is 11.1. The highest BCUT2D eigenvalue weighted by atomic mass is 79.9. The summed E-state index contributed by atoms with van der Waals surface area (Å²) in [5.74, 6) is 1.19. The second-order valence-electron chi connectivity index (χ2n) is 3.50. The molecule has 0 radical (unpaired) electrons. The topological polar surface area (TPSA) is 48.7 Å². The number of rotatable bonds is 0. The van der Waals surface area contributed by atoms with Crippen LogP contribution in [0.25, 0.3) is 11.0 Å². The van der Waals surface area contributed by atoms with Crippen molar-refractivity contribution in [3.63, 3.8) is 0 Å². The van der Waals surface area contributed by atoms with Crippen LogP contribution in [0.3, 0.4) is 0 Å². The van der Waals surface area contributed by atoms with Crippen molar-refractivity contribution in [1.29, 1.82) is 0 Å². The van der Waals surface area contributed by atoms with Crippen molar-refractivity contribution in [2.24, 2.45) is 0 Å². The predicted molar refractivity (Wildman–Crippen MR) is 69.2 cm³/mol. The highest BCUT2D eigenvalue weighted by Crippen LogP contribution is 2.42. The van der Waals surface area contributed by atoms with Crippen molar-refractivity contribution in [3.8, 4) is 11.5 Å². The van der Waals surface area contributed by atoms with Crippen LogP contribution in [0.15, 0.2) is 33.5 Å². The Hall–Kier alpha value is -1.01. The van der Waals surface area contributed by atoms with Gasteiger partial charge in [-0.3, -0.25) is 0 Å². The first-order valence-corrected chi connectivity index (χ1v) is 6.66. The molecule has 0 fully saturated rings. The van der Waals surface area contributed by atoms with E-state index in [1.807, 2.05) is 0 Å². The maximum Gasteiger partial charge on any atom is 0.336 e. The van der Waals surface area contributed by atoms with Crippen LogP contribution in [0.1, 0.15) is 0 Å². The molecule has 1 aliphatic rings. The SMILES string of the molecule is O=c1ccc2c3c(ccc2o1)OC(Br)C(Br)O3. The average molecular weight is 362 g/mol. The molecule has 1 aromatic heterocycles. The van der Waals surface area contributed by atoms with Gasteiger partial charge in [-0.25, -0.2) is 4.79 Å². The summed E-state index contributed by atoms with van der Waals surface area (Å²) in [6, 6.07) is 6.42. The fourth-order valence-corrected chi connectivity index (χ4v) is 2.26. The lowest BCUT2D eigenvalue weighted by molar-refractivity contribution is 0.137. The molecule has 2 heterocycles. The Balaban J connectivity index is 2.26. The van der Waals surface area contributed by atoms with E-state index in [1.54, 1.807) is 18.2 Å². The van der Waals surface area contributed by atoms with Gasteiger partial charge in [0.15, 0.2) is 21.5 Å². The Kier molecular flexibility index (Phi) is 2.63. The summed E-state index contributed by atoms with van der Waals surface area (Å²) in [5, 5.41) is 0.154. The third-order valence-corrected chi connectivity index (χ3v) is 4.44. The Morgan fingerprint density at radius 1 is 1.00 bits per heavy atom. The molecule has 0 N–H and O–H groups in total. The minimum Gasteiger partial charge on any atom is -0.470 e. The van der Waals surface area contributed by atoms with E-state index < -0.39 is 0 Å². The van der Waals surface area contributed by atoms with E-state index in [9.17, 15) is 4.79 Å². The number of ether oxygens (including phenoxy) is 2. The van der Waals surface area contributed by atoms with Crippen LogP contribution >= 0.6 is 31.9 Å². The molecule has 6 heteroatoms. The highest BCUT2D eigenvalue weighted by molar-refractivity contribution is 9.12. The van der Waals surface area contributed by atoms with Gasteiger partial charge in [0.1, 0.15) is 5.58 Å². The van der Waals surface area contributed by atoms with Crippen LogP contribution in [0.5, 0.6) is 11.5 Å². The molecule has 3 rings (SSSR count). The van der Waals surface area contributed by atoms with E-state index in [1.165, 1.54) is 6.07 Å². The smallest absolute Gasteiger partial charge is 0.336 e. The molecular formula is C11H6Br2O4. The van der Waals surface area contributed by atoms with Gasteiger partial charge in [-0.05, 0) is 50.1 Å². The zero-order chi connectivity index (χ0) is 12.0. The lowest BCUT2D eigenvalue weighted by Gasteiger charge is -2.27. The quantitative estimate of drug-likeness (QED) is 0.534. The van der Waals surface area contributed by atoms with Gasteiger partial charge >= 0.3 is 5.63 Å². The number of alkyl halides is 2. The molecule has 0 spiro atoms. The van der Waals surface area contributed by atoms with E-state index in [0.29, 0.717) is 22.5 Å². The predicted octanol–water partition coefficient (Wildman–Crippen LogP) is 3.01. The molecule has 2 atom stereocenters. The van der Waals surface area contributed by atoms with Crippen LogP contribution in [0.2, 0.25) is 0 Å². The van der Waals surface area contributed by atoms with Crippen LogP contribution < -0.4 is 15.1 Å². The minimum absolute atomic E-state index is 0.261. The molecule has 0 aliphatic carbocycles. The van der Waals surface area contributed by atoms with E-state index in [2.05, 4.69) is 31.9 Å². The summed E-state index contributed by atoms with van der Waals surface area (Å²) < 4.78 is 16.4. The van der Waals surface area contributed by atoms with Gasteiger partial charge in [0.25, 0.3) is 0 Å². The molecule has 88 valence electrons. The van der Waals surface area contributed by atoms with E-state index in [4.69, 9.17) is 13.9 Å². The summed E-state index contributed by atoms with van der Waals surface area (Å²) in [4.78, 5) is 11.1. The van der Waals surface area contributed by atoms with Gasteiger partial charge in [-0.15, -0.1) is 0 Å². The zero-order valence-corrected chi connectivity index (χ0v) is 11.5. The minimum atomic E-state index is -0.386. The Morgan fingerprint density at radius 3 is 2.59 bits per heavy atom. The zero-order valence-electron chi connectivity index (χ0n) is 8.35. The summed E-state index contributed by atoms with van der Waals surface area (Å²) in [5.41, 5.74) is 0.0931. The summed E-state index contributed by atoms with van der Waals surface area (Å²) >= 11 is 6.67. The van der Waals surface area contributed by atoms with Gasteiger partial charge in [-0.1, -0.05) is 0 Å². The number of hydrogen-bond donors (Lipinski definition) is 0. The monoisotopic (exact) mass is 360 g/mol. The molecule has 0 saturated heterocycles. The van der Waals surface area contributed by atoms with Gasteiger partial charge in [0.05, 0.1) is 5.39 Å². The third kappa shape index (κ3) is 1.85. The standard InChI is InChI=1S/C11H6Br2O4/c12-10-11(13)17-9-5-1-4-8(14)15-6(5)2-3-7(9)16-10/h1-4,10-11H. The van der Waals surface area contributed by atoms with Gasteiger partial charge in [0, 0.05) is 6.07 Å². The van der Waals surface area contributed by atoms with Crippen LogP contribution in [-0.4, -0.2) is 10.0 Å². The third-order valence-electron chi connectivity index (χ3n) is 2.39. The molecule has 2 aromatic rings. The molecule has 0 bridgehead atoms. The van der Waals surface area contributed by atoms with Crippen molar-refractivity contribution >= 4 is 42.8 Å². The van der Waals surface area contributed by atoms with Crippen molar-refractivity contribution in [3.05, 3.63) is 34.7 Å². The van der Waals surface area contributed by atoms with Gasteiger partial charge in [-0.2, -0.15) is 0 Å². The molecule has 17 heavy (non-hydrogen) atoms. The van der Waals surface area contributed by atoms with Crippen LogP contribution in [0.4, 0.5) is 0 Å².